The maximum Gasteiger partial charge on any atom is 0.132 e. The first-order valence-corrected chi connectivity index (χ1v) is 5.52. The highest BCUT2D eigenvalue weighted by Gasteiger charge is 2.03. The number of benzene rings is 2. The highest BCUT2D eigenvalue weighted by atomic mass is 16.5. The first-order chi connectivity index (χ1) is 9.25. The molecule has 2 aromatic rings. The van der Waals surface area contributed by atoms with Gasteiger partial charge in [-0.25, -0.2) is 0 Å². The summed E-state index contributed by atoms with van der Waals surface area (Å²) in [4.78, 5) is 0. The Balaban J connectivity index is 2.27. The third kappa shape index (κ3) is 3.02. The van der Waals surface area contributed by atoms with Crippen LogP contribution in [-0.4, -0.2) is 7.11 Å². The molecule has 4 heteroatoms. The van der Waals surface area contributed by atoms with Crippen molar-refractivity contribution < 1.29 is 9.47 Å². The van der Waals surface area contributed by atoms with Crippen LogP contribution in [0.2, 0.25) is 0 Å². The van der Waals surface area contributed by atoms with Crippen molar-refractivity contribution in [1.29, 1.82) is 10.5 Å². The number of rotatable bonds is 3. The van der Waals surface area contributed by atoms with Crippen LogP contribution < -0.4 is 9.47 Å². The van der Waals surface area contributed by atoms with E-state index in [2.05, 4.69) is 0 Å². The van der Waals surface area contributed by atoms with Gasteiger partial charge < -0.3 is 9.47 Å². The molecule has 2 rings (SSSR count). The number of hydrogen-bond donors (Lipinski definition) is 0. The van der Waals surface area contributed by atoms with E-state index in [1.807, 2.05) is 12.1 Å². The van der Waals surface area contributed by atoms with Crippen LogP contribution in [-0.2, 0) is 0 Å². The minimum atomic E-state index is 0.461. The zero-order valence-electron chi connectivity index (χ0n) is 10.3. The van der Waals surface area contributed by atoms with Crippen LogP contribution in [0.5, 0.6) is 17.2 Å². The summed E-state index contributed by atoms with van der Waals surface area (Å²) < 4.78 is 10.7. The SMILES string of the molecule is COc1cc(C#N)cc(Oc2ccc(C#N)cc2)c1. The van der Waals surface area contributed by atoms with Crippen molar-refractivity contribution in [3.63, 3.8) is 0 Å². The molecule has 0 saturated carbocycles. The summed E-state index contributed by atoms with van der Waals surface area (Å²) in [5.74, 6) is 1.67. The van der Waals surface area contributed by atoms with E-state index in [-0.39, 0.29) is 0 Å². The molecule has 0 aliphatic rings. The number of ether oxygens (including phenoxy) is 2. The third-order valence-electron chi connectivity index (χ3n) is 2.46. The predicted molar refractivity (Wildman–Crippen MR) is 68.9 cm³/mol. The number of nitrogens with zero attached hydrogens (tertiary/aromatic N) is 2. The van der Waals surface area contributed by atoms with Gasteiger partial charge in [0.1, 0.15) is 17.2 Å². The Labute approximate surface area is 111 Å². The maximum atomic E-state index is 8.92. The highest BCUT2D eigenvalue weighted by Crippen LogP contribution is 2.27. The molecular weight excluding hydrogens is 240 g/mol. The Morgan fingerprint density at radius 1 is 0.789 bits per heavy atom. The van der Waals surface area contributed by atoms with Crippen molar-refractivity contribution in [2.45, 2.75) is 0 Å². The fraction of sp³-hybridized carbons (Fsp3) is 0.0667. The van der Waals surface area contributed by atoms with E-state index in [0.717, 1.165) is 0 Å². The van der Waals surface area contributed by atoms with Gasteiger partial charge in [-0.2, -0.15) is 10.5 Å². The fourth-order valence-electron chi connectivity index (χ4n) is 1.55. The van der Waals surface area contributed by atoms with Crippen LogP contribution in [0.25, 0.3) is 0 Å². The molecule has 0 N–H and O–H groups in total. The van der Waals surface area contributed by atoms with Gasteiger partial charge >= 0.3 is 0 Å². The van der Waals surface area contributed by atoms with E-state index < -0.39 is 0 Å². The van der Waals surface area contributed by atoms with Gasteiger partial charge in [-0.05, 0) is 36.4 Å². The van der Waals surface area contributed by atoms with Crippen LogP contribution in [0.3, 0.4) is 0 Å². The first kappa shape index (κ1) is 12.5. The standard InChI is InChI=1S/C15H10N2O2/c1-18-14-6-12(10-17)7-15(8-14)19-13-4-2-11(9-16)3-5-13/h2-8H,1H3. The zero-order chi connectivity index (χ0) is 13.7. The van der Waals surface area contributed by atoms with Crippen LogP contribution in [0.1, 0.15) is 11.1 Å². The van der Waals surface area contributed by atoms with E-state index in [0.29, 0.717) is 28.4 Å². The lowest BCUT2D eigenvalue weighted by molar-refractivity contribution is 0.409. The second-order valence-corrected chi connectivity index (χ2v) is 3.75. The van der Waals surface area contributed by atoms with Crippen molar-refractivity contribution in [2.75, 3.05) is 7.11 Å². The molecule has 0 bridgehead atoms. The van der Waals surface area contributed by atoms with Crippen molar-refractivity contribution in [3.8, 4) is 29.4 Å². The van der Waals surface area contributed by atoms with Crippen LogP contribution >= 0.6 is 0 Å². The van der Waals surface area contributed by atoms with Crippen LogP contribution in [0.15, 0.2) is 42.5 Å². The average Bonchev–Trinajstić information content (AvgIpc) is 2.47. The van der Waals surface area contributed by atoms with E-state index >= 15 is 0 Å². The highest BCUT2D eigenvalue weighted by molar-refractivity contribution is 5.46. The molecule has 0 aliphatic heterocycles. The van der Waals surface area contributed by atoms with Crippen LogP contribution in [0.4, 0.5) is 0 Å². The van der Waals surface area contributed by atoms with Gasteiger partial charge in [0.15, 0.2) is 0 Å². The molecule has 0 unspecified atom stereocenters. The monoisotopic (exact) mass is 250 g/mol. The molecule has 0 spiro atoms. The van der Waals surface area contributed by atoms with Gasteiger partial charge in [0.2, 0.25) is 0 Å². The summed E-state index contributed by atoms with van der Waals surface area (Å²) in [7, 11) is 1.53. The normalized spacial score (nSPS) is 9.21. The second kappa shape index (κ2) is 5.57. The Kier molecular flexibility index (Phi) is 3.66. The van der Waals surface area contributed by atoms with Gasteiger partial charge in [-0.15, -0.1) is 0 Å². The van der Waals surface area contributed by atoms with Crippen molar-refractivity contribution in [3.05, 3.63) is 53.6 Å². The van der Waals surface area contributed by atoms with Crippen molar-refractivity contribution >= 4 is 0 Å². The minimum Gasteiger partial charge on any atom is -0.497 e. The number of nitriles is 2. The van der Waals surface area contributed by atoms with E-state index in [1.54, 1.807) is 42.5 Å². The third-order valence-corrected chi connectivity index (χ3v) is 2.46. The molecule has 0 heterocycles. The first-order valence-electron chi connectivity index (χ1n) is 5.52. The number of hydrogen-bond acceptors (Lipinski definition) is 4. The van der Waals surface area contributed by atoms with E-state index in [9.17, 15) is 0 Å². The lowest BCUT2D eigenvalue weighted by atomic mass is 10.2. The van der Waals surface area contributed by atoms with Gasteiger partial charge in [0, 0.05) is 6.07 Å². The Bertz CT molecular complexity index is 664. The zero-order valence-corrected chi connectivity index (χ0v) is 10.3. The second-order valence-electron chi connectivity index (χ2n) is 3.75. The Morgan fingerprint density at radius 3 is 2.00 bits per heavy atom. The molecule has 4 nitrogen and oxygen atoms in total. The van der Waals surface area contributed by atoms with Gasteiger partial charge in [0.25, 0.3) is 0 Å². The molecule has 92 valence electrons. The molecule has 2 aromatic carbocycles. The van der Waals surface area contributed by atoms with Crippen LogP contribution in [0, 0.1) is 22.7 Å². The lowest BCUT2D eigenvalue weighted by Crippen LogP contribution is -1.89. The van der Waals surface area contributed by atoms with Gasteiger partial charge in [0.05, 0.1) is 30.4 Å². The van der Waals surface area contributed by atoms with Crippen molar-refractivity contribution in [1.82, 2.24) is 0 Å². The molecule has 0 aliphatic carbocycles. The molecule has 0 saturated heterocycles. The maximum absolute atomic E-state index is 8.92. The molecular formula is C15H10N2O2. The smallest absolute Gasteiger partial charge is 0.132 e. The largest absolute Gasteiger partial charge is 0.497 e. The minimum absolute atomic E-state index is 0.461. The summed E-state index contributed by atoms with van der Waals surface area (Å²) in [6.45, 7) is 0. The van der Waals surface area contributed by atoms with Crippen molar-refractivity contribution in [2.24, 2.45) is 0 Å². The summed E-state index contributed by atoms with van der Waals surface area (Å²) in [6, 6.07) is 15.8. The Hall–Kier alpha value is -2.98. The van der Waals surface area contributed by atoms with E-state index in [1.165, 1.54) is 7.11 Å². The lowest BCUT2D eigenvalue weighted by Gasteiger charge is -2.08. The summed E-state index contributed by atoms with van der Waals surface area (Å²) in [6.07, 6.45) is 0. The molecule has 0 fully saturated rings. The summed E-state index contributed by atoms with van der Waals surface area (Å²) >= 11 is 0. The quantitative estimate of drug-likeness (QED) is 0.838. The fourth-order valence-corrected chi connectivity index (χ4v) is 1.55. The molecule has 0 aromatic heterocycles. The average molecular weight is 250 g/mol. The molecule has 0 amide bonds. The summed E-state index contributed by atoms with van der Waals surface area (Å²) in [5.41, 5.74) is 1.03. The molecule has 0 atom stereocenters. The molecule has 0 radical (unpaired) electrons. The topological polar surface area (TPSA) is 66.0 Å². The predicted octanol–water partition coefficient (Wildman–Crippen LogP) is 3.23. The van der Waals surface area contributed by atoms with Gasteiger partial charge in [-0.1, -0.05) is 0 Å². The van der Waals surface area contributed by atoms with E-state index in [4.69, 9.17) is 20.0 Å². The molecule has 19 heavy (non-hydrogen) atoms. The summed E-state index contributed by atoms with van der Waals surface area (Å²) in [5, 5.41) is 17.6. The van der Waals surface area contributed by atoms with Gasteiger partial charge in [-0.3, -0.25) is 0 Å². The Morgan fingerprint density at radius 2 is 1.42 bits per heavy atom. The number of methoxy groups -OCH3 is 1.